The molecule has 1 fully saturated rings. The number of aromatic nitrogens is 2. The molecule has 1 saturated heterocycles. The van der Waals surface area contributed by atoms with Gasteiger partial charge in [0.2, 0.25) is 10.0 Å². The molecule has 2 heterocycles. The average Bonchev–Trinajstić information content (AvgIpc) is 3.00. The minimum Gasteiger partial charge on any atom is -0.459 e. The van der Waals surface area contributed by atoms with E-state index in [1.54, 1.807) is 30.6 Å². The van der Waals surface area contributed by atoms with Crippen molar-refractivity contribution in [1.29, 1.82) is 0 Å². The Balaban J connectivity index is 1.73. The van der Waals surface area contributed by atoms with Gasteiger partial charge in [0.25, 0.3) is 0 Å². The van der Waals surface area contributed by atoms with Crippen molar-refractivity contribution in [3.05, 3.63) is 47.8 Å². The molecule has 1 aromatic carbocycles. The number of sulfonamides is 1. The molecule has 0 amide bonds. The van der Waals surface area contributed by atoms with Crippen LogP contribution in [0.5, 0.6) is 6.01 Å². The third-order valence-electron chi connectivity index (χ3n) is 4.04. The van der Waals surface area contributed by atoms with Crippen LogP contribution >= 0.6 is 0 Å². The second-order valence-corrected chi connectivity index (χ2v) is 7.61. The first-order valence-electron chi connectivity index (χ1n) is 7.48. The second kappa shape index (κ2) is 6.25. The molecule has 6 nitrogen and oxygen atoms in total. The molecular formula is C16H19N3O3S. The summed E-state index contributed by atoms with van der Waals surface area (Å²) in [6, 6.07) is 7.20. The van der Waals surface area contributed by atoms with Crippen molar-refractivity contribution in [2.75, 3.05) is 13.1 Å². The monoisotopic (exact) mass is 333 g/mol. The molecule has 0 spiro atoms. The van der Waals surface area contributed by atoms with E-state index >= 15 is 0 Å². The predicted molar refractivity (Wildman–Crippen MR) is 85.7 cm³/mol. The van der Waals surface area contributed by atoms with Gasteiger partial charge in [-0.2, -0.15) is 4.31 Å². The summed E-state index contributed by atoms with van der Waals surface area (Å²) in [5, 5.41) is 0. The SMILES string of the molecule is Cc1ccc(S(=O)(=O)N2CCC(Oc3ncccn3)C2)cc1C. The van der Waals surface area contributed by atoms with Crippen LogP contribution in [-0.2, 0) is 10.0 Å². The van der Waals surface area contributed by atoms with Crippen molar-refractivity contribution in [3.63, 3.8) is 0 Å². The Hall–Kier alpha value is -1.99. The number of hydrogen-bond acceptors (Lipinski definition) is 5. The van der Waals surface area contributed by atoms with Gasteiger partial charge in [0.15, 0.2) is 0 Å². The molecule has 2 aromatic rings. The number of hydrogen-bond donors (Lipinski definition) is 0. The summed E-state index contributed by atoms with van der Waals surface area (Å²) in [5.74, 6) is 0. The van der Waals surface area contributed by atoms with Gasteiger partial charge in [0, 0.05) is 18.9 Å². The zero-order valence-corrected chi connectivity index (χ0v) is 14.0. The van der Waals surface area contributed by atoms with Crippen LogP contribution in [0.15, 0.2) is 41.6 Å². The van der Waals surface area contributed by atoms with Crippen LogP contribution in [0, 0.1) is 13.8 Å². The fourth-order valence-electron chi connectivity index (χ4n) is 2.53. The Morgan fingerprint density at radius 1 is 1.17 bits per heavy atom. The van der Waals surface area contributed by atoms with Crippen molar-refractivity contribution in [3.8, 4) is 6.01 Å². The number of benzene rings is 1. The molecule has 0 saturated carbocycles. The van der Waals surface area contributed by atoms with Crippen LogP contribution in [0.2, 0.25) is 0 Å². The maximum atomic E-state index is 12.7. The highest BCUT2D eigenvalue weighted by Gasteiger charge is 2.34. The highest BCUT2D eigenvalue weighted by atomic mass is 32.2. The van der Waals surface area contributed by atoms with Crippen molar-refractivity contribution >= 4 is 10.0 Å². The lowest BCUT2D eigenvalue weighted by atomic mass is 10.1. The molecule has 0 N–H and O–H groups in total. The maximum Gasteiger partial charge on any atom is 0.316 e. The van der Waals surface area contributed by atoms with Crippen LogP contribution in [-0.4, -0.2) is 41.9 Å². The van der Waals surface area contributed by atoms with Crippen molar-refractivity contribution in [1.82, 2.24) is 14.3 Å². The summed E-state index contributed by atoms with van der Waals surface area (Å²) in [4.78, 5) is 8.35. The molecule has 122 valence electrons. The van der Waals surface area contributed by atoms with E-state index in [2.05, 4.69) is 9.97 Å². The summed E-state index contributed by atoms with van der Waals surface area (Å²) in [5.41, 5.74) is 2.04. The lowest BCUT2D eigenvalue weighted by Crippen LogP contribution is -2.31. The van der Waals surface area contributed by atoms with Crippen molar-refractivity contribution in [2.24, 2.45) is 0 Å². The van der Waals surface area contributed by atoms with Crippen LogP contribution in [0.25, 0.3) is 0 Å². The van der Waals surface area contributed by atoms with E-state index in [1.165, 1.54) is 4.31 Å². The minimum atomic E-state index is -3.49. The van der Waals surface area contributed by atoms with Gasteiger partial charge in [0.05, 0.1) is 11.4 Å². The Labute approximate surface area is 136 Å². The fourth-order valence-corrected chi connectivity index (χ4v) is 4.10. The molecule has 0 aliphatic carbocycles. The fraction of sp³-hybridized carbons (Fsp3) is 0.375. The second-order valence-electron chi connectivity index (χ2n) is 5.67. The van der Waals surface area contributed by atoms with Crippen LogP contribution in [0.1, 0.15) is 17.5 Å². The zero-order chi connectivity index (χ0) is 16.4. The number of aryl methyl sites for hydroxylation is 2. The Morgan fingerprint density at radius 3 is 2.61 bits per heavy atom. The Kier molecular flexibility index (Phi) is 4.32. The van der Waals surface area contributed by atoms with E-state index < -0.39 is 10.0 Å². The molecule has 1 atom stereocenters. The van der Waals surface area contributed by atoms with Crippen LogP contribution in [0.4, 0.5) is 0 Å². The van der Waals surface area contributed by atoms with E-state index in [-0.39, 0.29) is 12.1 Å². The topological polar surface area (TPSA) is 72.4 Å². The molecule has 1 aliphatic rings. The van der Waals surface area contributed by atoms with Crippen molar-refractivity contribution in [2.45, 2.75) is 31.3 Å². The summed E-state index contributed by atoms with van der Waals surface area (Å²) < 4.78 is 32.6. The van der Waals surface area contributed by atoms with Crippen LogP contribution < -0.4 is 4.74 Å². The number of ether oxygens (including phenoxy) is 1. The largest absolute Gasteiger partial charge is 0.459 e. The summed E-state index contributed by atoms with van der Waals surface area (Å²) in [6.45, 7) is 4.63. The predicted octanol–water partition coefficient (Wildman–Crippen LogP) is 1.94. The number of rotatable bonds is 4. The van der Waals surface area contributed by atoms with Gasteiger partial charge in [0.1, 0.15) is 6.10 Å². The highest BCUT2D eigenvalue weighted by Crippen LogP contribution is 2.24. The Morgan fingerprint density at radius 2 is 1.91 bits per heavy atom. The summed E-state index contributed by atoms with van der Waals surface area (Å²) in [6.07, 6.45) is 3.60. The molecule has 1 aromatic heterocycles. The molecular weight excluding hydrogens is 314 g/mol. The Bertz CT molecular complexity index is 793. The quantitative estimate of drug-likeness (QED) is 0.855. The third kappa shape index (κ3) is 3.35. The molecule has 0 radical (unpaired) electrons. The number of nitrogens with zero attached hydrogens (tertiary/aromatic N) is 3. The average molecular weight is 333 g/mol. The van der Waals surface area contributed by atoms with Gasteiger partial charge in [-0.1, -0.05) is 6.07 Å². The van der Waals surface area contributed by atoms with E-state index in [0.29, 0.717) is 24.4 Å². The van der Waals surface area contributed by atoms with Gasteiger partial charge < -0.3 is 4.74 Å². The first kappa shape index (κ1) is 15.9. The highest BCUT2D eigenvalue weighted by molar-refractivity contribution is 7.89. The van der Waals surface area contributed by atoms with Crippen molar-refractivity contribution < 1.29 is 13.2 Å². The van der Waals surface area contributed by atoms with Gasteiger partial charge >= 0.3 is 6.01 Å². The van der Waals surface area contributed by atoms with Gasteiger partial charge in [-0.3, -0.25) is 0 Å². The van der Waals surface area contributed by atoms with Gasteiger partial charge in [-0.15, -0.1) is 0 Å². The maximum absolute atomic E-state index is 12.7. The molecule has 7 heteroatoms. The first-order valence-corrected chi connectivity index (χ1v) is 8.92. The lowest BCUT2D eigenvalue weighted by Gasteiger charge is -2.17. The van der Waals surface area contributed by atoms with E-state index in [1.807, 2.05) is 19.9 Å². The molecule has 1 unspecified atom stereocenters. The first-order chi connectivity index (χ1) is 11.0. The van der Waals surface area contributed by atoms with E-state index in [0.717, 1.165) is 11.1 Å². The van der Waals surface area contributed by atoms with Gasteiger partial charge in [-0.05, 0) is 49.6 Å². The zero-order valence-electron chi connectivity index (χ0n) is 13.1. The normalized spacial score (nSPS) is 19.0. The summed E-state index contributed by atoms with van der Waals surface area (Å²) in [7, 11) is -3.49. The summed E-state index contributed by atoms with van der Waals surface area (Å²) >= 11 is 0. The van der Waals surface area contributed by atoms with Gasteiger partial charge in [-0.25, -0.2) is 18.4 Å². The smallest absolute Gasteiger partial charge is 0.316 e. The molecule has 23 heavy (non-hydrogen) atoms. The van der Waals surface area contributed by atoms with E-state index in [9.17, 15) is 8.42 Å². The molecule has 0 bridgehead atoms. The molecule has 1 aliphatic heterocycles. The van der Waals surface area contributed by atoms with Crippen LogP contribution in [0.3, 0.4) is 0 Å². The third-order valence-corrected chi connectivity index (χ3v) is 5.90. The lowest BCUT2D eigenvalue weighted by molar-refractivity contribution is 0.197. The minimum absolute atomic E-state index is 0.223. The standard InChI is InChI=1S/C16H19N3O3S/c1-12-4-5-15(10-13(12)2)23(20,21)19-9-6-14(11-19)22-16-17-7-3-8-18-16/h3-5,7-8,10,14H,6,9,11H2,1-2H3. The molecule has 3 rings (SSSR count). The van der Waals surface area contributed by atoms with E-state index in [4.69, 9.17) is 4.74 Å².